The summed E-state index contributed by atoms with van der Waals surface area (Å²) in [5.74, 6) is -15.0. The number of aromatic hydroxyl groups is 4. The molecule has 420 valence electrons. The predicted octanol–water partition coefficient (Wildman–Crippen LogP) is 2.40. The summed E-state index contributed by atoms with van der Waals surface area (Å²) < 4.78 is 12.2. The number of benzene rings is 5. The Labute approximate surface area is 463 Å². The number of phenolic OH excluding ortho intramolecular Hbond substituents is 4. The predicted molar refractivity (Wildman–Crippen MR) is 280 cm³/mol. The Kier molecular flexibility index (Phi) is 16.6. The van der Waals surface area contributed by atoms with Crippen LogP contribution in [0.5, 0.6) is 46.0 Å². The summed E-state index contributed by atoms with van der Waals surface area (Å²) in [4.78, 5) is 114. The van der Waals surface area contributed by atoms with Gasteiger partial charge < -0.3 is 88.2 Å². The molecule has 25 nitrogen and oxygen atoms in total. The second-order valence-corrected chi connectivity index (χ2v) is 20.2. The molecule has 5 aliphatic rings. The molecule has 0 fully saturated rings. The zero-order valence-electron chi connectivity index (χ0n) is 42.2. The summed E-state index contributed by atoms with van der Waals surface area (Å²) in [6.07, 6.45) is -4.77. The monoisotopic (exact) mass is 1140 g/mol. The Morgan fingerprint density at radius 3 is 1.80 bits per heavy atom. The van der Waals surface area contributed by atoms with Crippen LogP contribution in [0.3, 0.4) is 0 Å². The first kappa shape index (κ1) is 57.3. The number of fused-ring (bicyclic) bond motifs is 15. The number of nitrogens with one attached hydrogen (secondary N) is 7. The number of ether oxygens (including phenoxy) is 2. The summed E-state index contributed by atoms with van der Waals surface area (Å²) in [5.41, 5.74) is 3.31. The van der Waals surface area contributed by atoms with Crippen molar-refractivity contribution < 1.29 is 83.6 Å². The lowest BCUT2D eigenvalue weighted by atomic mass is 9.89. The van der Waals surface area contributed by atoms with E-state index in [1.54, 1.807) is 0 Å². The first-order valence-electron chi connectivity index (χ1n) is 24.4. The number of carboxylic acid groups (broad SMARTS) is 1. The molecule has 11 bridgehead atoms. The van der Waals surface area contributed by atoms with E-state index >= 15 is 4.79 Å². The number of carboxylic acids is 1. The smallest absolute Gasteiger partial charge is 0.330 e. The number of aliphatic hydroxyl groups is 2. The van der Waals surface area contributed by atoms with Crippen LogP contribution in [0.25, 0.3) is 11.1 Å². The number of likely N-dealkylation sites (N-methyl/N-ethyl adjacent to an activating group) is 1. The molecule has 5 aromatic carbocycles. The average molecular weight is 1140 g/mol. The van der Waals surface area contributed by atoms with E-state index in [4.69, 9.17) is 38.4 Å². The van der Waals surface area contributed by atoms with Crippen LogP contribution in [0.1, 0.15) is 84.8 Å². The molecule has 80 heavy (non-hydrogen) atoms. The minimum absolute atomic E-state index is 0.0350. The largest absolute Gasteiger partial charge is 0.508 e. The van der Waals surface area contributed by atoms with Crippen LogP contribution in [-0.2, 0) is 38.4 Å². The molecule has 5 aliphatic heterocycles. The maximum atomic E-state index is 15.4. The molecule has 7 amide bonds. The number of hydrogen-bond donors (Lipinski definition) is 15. The van der Waals surface area contributed by atoms with Gasteiger partial charge in [0.1, 0.15) is 71.2 Å². The SMILES string of the molecule is CN[C@H](CC(C)C)C(=O)N[C@H]1C(=O)N[C@@H](CC(N)=O)C(=O)N[C@H]2C(=O)N[C@H]3C(=O)N[C@H](C(=O)N[C@H](C(=O)O)c4cc(O)cc(O)c4-c4cc3ccc4O)[C@H](O)c3ccc(c(Cl)c3)Oc3cc2cc(c3O)Oc2ccc(cc2Cl)[C@H]1O. The van der Waals surface area contributed by atoms with Crippen LogP contribution in [0, 0.1) is 5.92 Å². The van der Waals surface area contributed by atoms with Gasteiger partial charge in [0.15, 0.2) is 17.5 Å². The lowest BCUT2D eigenvalue weighted by Crippen LogP contribution is -2.59. The summed E-state index contributed by atoms with van der Waals surface area (Å²) >= 11 is 13.5. The lowest BCUT2D eigenvalue weighted by molar-refractivity contribution is -0.143. The number of carbonyl (C=O) groups is 8. The molecule has 0 saturated carbocycles. The normalized spacial score (nSPS) is 22.4. The number of phenols is 4. The molecule has 0 unspecified atom stereocenters. The van der Waals surface area contributed by atoms with Crippen molar-refractivity contribution in [3.05, 3.63) is 117 Å². The molecule has 10 rings (SSSR count). The van der Waals surface area contributed by atoms with E-state index in [2.05, 4.69) is 37.2 Å². The second-order valence-electron chi connectivity index (χ2n) is 19.4. The zero-order valence-corrected chi connectivity index (χ0v) is 43.8. The van der Waals surface area contributed by atoms with Crippen molar-refractivity contribution in [1.82, 2.24) is 37.2 Å². The Bertz CT molecular complexity index is 3380. The highest BCUT2D eigenvalue weighted by Gasteiger charge is 2.41. The highest BCUT2D eigenvalue weighted by molar-refractivity contribution is 6.32. The van der Waals surface area contributed by atoms with E-state index in [-0.39, 0.29) is 56.1 Å². The maximum absolute atomic E-state index is 15.4. The van der Waals surface area contributed by atoms with Crippen LogP contribution >= 0.6 is 23.2 Å². The third-order valence-electron chi connectivity index (χ3n) is 13.3. The Morgan fingerprint density at radius 1 is 0.650 bits per heavy atom. The number of rotatable bonds is 8. The van der Waals surface area contributed by atoms with Gasteiger partial charge in [-0.3, -0.25) is 33.6 Å². The topological polar surface area (TPSA) is 407 Å². The fraction of sp³-hybridized carbons (Fsp3) is 0.283. The van der Waals surface area contributed by atoms with E-state index in [9.17, 15) is 69.3 Å². The lowest BCUT2D eigenvalue weighted by Gasteiger charge is -2.31. The fourth-order valence-electron chi connectivity index (χ4n) is 9.34. The number of primary amides is 1. The van der Waals surface area contributed by atoms with E-state index in [0.29, 0.717) is 0 Å². The molecule has 5 heterocycles. The number of halogens is 2. The van der Waals surface area contributed by atoms with Crippen LogP contribution in [0.15, 0.2) is 78.9 Å². The third-order valence-corrected chi connectivity index (χ3v) is 13.9. The van der Waals surface area contributed by atoms with Crippen molar-refractivity contribution >= 4 is 70.5 Å². The van der Waals surface area contributed by atoms with Gasteiger partial charge in [0.25, 0.3) is 0 Å². The van der Waals surface area contributed by atoms with Gasteiger partial charge in [-0.05, 0) is 96.2 Å². The number of carbonyl (C=O) groups excluding carboxylic acids is 7. The average Bonchev–Trinajstić information content (AvgIpc) is 3.39. The first-order valence-corrected chi connectivity index (χ1v) is 25.2. The molecule has 5 aromatic rings. The summed E-state index contributed by atoms with van der Waals surface area (Å²) in [7, 11) is 1.50. The molecule has 0 aromatic heterocycles. The molecule has 0 radical (unpaired) electrons. The molecule has 0 aliphatic carbocycles. The zero-order chi connectivity index (χ0) is 58.2. The van der Waals surface area contributed by atoms with Crippen molar-refractivity contribution in [3.8, 4) is 57.1 Å². The van der Waals surface area contributed by atoms with Crippen LogP contribution in [0.2, 0.25) is 10.0 Å². The molecular weight excluding hydrogens is 1090 g/mol. The minimum atomic E-state index is -2.19. The van der Waals surface area contributed by atoms with Crippen LogP contribution < -0.4 is 52.4 Å². The number of hydrogen-bond acceptors (Lipinski definition) is 17. The fourth-order valence-corrected chi connectivity index (χ4v) is 9.80. The van der Waals surface area contributed by atoms with Crippen molar-refractivity contribution in [2.24, 2.45) is 11.7 Å². The van der Waals surface area contributed by atoms with Crippen molar-refractivity contribution in [3.63, 3.8) is 0 Å². The number of aliphatic hydroxyl groups excluding tert-OH is 2. The van der Waals surface area contributed by atoms with Crippen molar-refractivity contribution in [1.29, 1.82) is 0 Å². The van der Waals surface area contributed by atoms with Gasteiger partial charge in [0, 0.05) is 22.8 Å². The van der Waals surface area contributed by atoms with E-state index in [1.807, 2.05) is 13.8 Å². The third kappa shape index (κ3) is 11.9. The maximum Gasteiger partial charge on any atom is 0.330 e. The van der Waals surface area contributed by atoms with Crippen molar-refractivity contribution in [2.75, 3.05) is 7.05 Å². The standard InChI is InChI=1S/C53H52Cl2N8O17/c1-19(2)10-29(57-3)47(71)62-42-44(68)21-5-8-33(27(54)12-21)79-35-14-23-15-36(46(35)70)80-34-9-6-22(13-28(34)55)45(69)43-52(76)61-41(53(77)78)26-16-24(64)17-32(66)38(26)25-11-20(4-7-31(25)65)39(49(73)63-43)60-50(74)40(23)59-48(72)30(18-37(56)67)58-51(42)75/h4-9,11-17,19,29-30,39-45,57,64-66,68-70H,10,18H2,1-3H3,(H2,56,67)(H,58,75)(H,59,72)(H,60,74)(H,61,76)(H,62,71)(H,63,73)(H,77,78)/t29-,30+,39-,40-,41+,42-,43+,44-,45-/m1/s1. The van der Waals surface area contributed by atoms with Crippen LogP contribution in [-0.4, -0.2) is 114 Å². The highest BCUT2D eigenvalue weighted by atomic mass is 35.5. The highest BCUT2D eigenvalue weighted by Crippen LogP contribution is 2.47. The minimum Gasteiger partial charge on any atom is -0.508 e. The first-order chi connectivity index (χ1) is 37.8. The van der Waals surface area contributed by atoms with E-state index in [0.717, 1.165) is 48.5 Å². The molecule has 16 N–H and O–H groups in total. The summed E-state index contributed by atoms with van der Waals surface area (Å²) in [6.45, 7) is 3.68. The van der Waals surface area contributed by atoms with Gasteiger partial charge in [0.05, 0.1) is 22.5 Å². The molecular formula is C53H52Cl2N8O17. The number of nitrogens with two attached hydrogens (primary N) is 1. The molecule has 27 heteroatoms. The van der Waals surface area contributed by atoms with Gasteiger partial charge >= 0.3 is 5.97 Å². The number of aliphatic carboxylic acids is 1. The summed E-state index contributed by atoms with van der Waals surface area (Å²) in [5, 5.41) is 96.1. The Hall–Kier alpha value is -8.88. The van der Waals surface area contributed by atoms with Gasteiger partial charge in [-0.15, -0.1) is 0 Å². The van der Waals surface area contributed by atoms with Gasteiger partial charge in [-0.2, -0.15) is 0 Å². The molecule has 0 spiro atoms. The Balaban J connectivity index is 1.36. The quantitative estimate of drug-likeness (QED) is 0.106. The van der Waals surface area contributed by atoms with E-state index in [1.165, 1.54) is 37.4 Å². The Morgan fingerprint density at radius 2 is 1.23 bits per heavy atom. The molecule has 0 saturated heterocycles. The summed E-state index contributed by atoms with van der Waals surface area (Å²) in [6, 6.07) is 0.577. The van der Waals surface area contributed by atoms with Gasteiger partial charge in [0.2, 0.25) is 47.1 Å². The van der Waals surface area contributed by atoms with Gasteiger partial charge in [-0.1, -0.05) is 55.2 Å². The second kappa shape index (κ2) is 23.2. The van der Waals surface area contributed by atoms with Gasteiger partial charge in [-0.25, -0.2) is 4.79 Å². The van der Waals surface area contributed by atoms with Crippen molar-refractivity contribution in [2.45, 2.75) is 81.2 Å². The van der Waals surface area contributed by atoms with E-state index < -0.39 is 159 Å². The number of amides is 7. The molecule has 9 atom stereocenters. The van der Waals surface area contributed by atoms with Crippen LogP contribution in [0.4, 0.5) is 0 Å².